The molecule has 1 N–H and O–H groups in total. The quantitative estimate of drug-likeness (QED) is 0.367. The largest absolute Gasteiger partial charge is 0.457 e. The number of carbonyl (C=O) groups excluding carboxylic acids is 2. The summed E-state index contributed by atoms with van der Waals surface area (Å²) in [5.74, 6) is 0.435. The molecule has 3 rings (SSSR count). The summed E-state index contributed by atoms with van der Waals surface area (Å²) in [6.07, 6.45) is 1.44. The Morgan fingerprint density at radius 3 is 2.16 bits per heavy atom. The summed E-state index contributed by atoms with van der Waals surface area (Å²) >= 11 is 0. The number of ether oxygens (including phenoxy) is 1. The van der Waals surface area contributed by atoms with E-state index in [1.54, 1.807) is 24.3 Å². The summed E-state index contributed by atoms with van der Waals surface area (Å²) in [6, 6.07) is 22.7. The van der Waals surface area contributed by atoms with Gasteiger partial charge in [-0.25, -0.2) is 8.42 Å². The third-order valence-corrected chi connectivity index (χ3v) is 7.10. The first kappa shape index (κ1) is 28.7. The molecule has 9 heteroatoms. The van der Waals surface area contributed by atoms with Gasteiger partial charge < -0.3 is 15.0 Å². The molecule has 3 aromatic carbocycles. The molecular weight excluding hydrogens is 502 g/mol. The zero-order valence-corrected chi connectivity index (χ0v) is 23.1. The first-order valence-electron chi connectivity index (χ1n) is 12.6. The number of rotatable bonds is 12. The van der Waals surface area contributed by atoms with Gasteiger partial charge in [0.25, 0.3) is 0 Å². The Morgan fingerprint density at radius 2 is 1.58 bits per heavy atom. The average molecular weight is 538 g/mol. The van der Waals surface area contributed by atoms with Crippen LogP contribution < -0.4 is 14.4 Å². The van der Waals surface area contributed by atoms with E-state index in [1.165, 1.54) is 4.90 Å². The van der Waals surface area contributed by atoms with E-state index in [-0.39, 0.29) is 12.5 Å². The lowest BCUT2D eigenvalue weighted by Crippen LogP contribution is -2.52. The van der Waals surface area contributed by atoms with Crippen molar-refractivity contribution < 1.29 is 22.7 Å². The molecule has 0 aliphatic carbocycles. The number of hydrogen-bond acceptors (Lipinski definition) is 5. The number of para-hydroxylation sites is 1. The standard InChI is InChI=1S/C29H35N3O5S/c1-5-27(29(34)30-6-2)31(20-23-12-10-11-22(3)19-23)28(33)21-32(38(4,35)36)24-15-17-26(18-16-24)37-25-13-8-7-9-14-25/h7-19,27H,5-6,20-21H2,1-4H3,(H,30,34)/t27-/m1/s1. The minimum absolute atomic E-state index is 0.178. The normalized spacial score (nSPS) is 11.9. The molecule has 8 nitrogen and oxygen atoms in total. The Labute approximate surface area is 225 Å². The van der Waals surface area contributed by atoms with Crippen molar-refractivity contribution in [2.45, 2.75) is 39.8 Å². The highest BCUT2D eigenvalue weighted by atomic mass is 32.2. The van der Waals surface area contributed by atoms with Gasteiger partial charge in [0, 0.05) is 13.1 Å². The summed E-state index contributed by atoms with van der Waals surface area (Å²) in [5.41, 5.74) is 2.20. The van der Waals surface area contributed by atoms with E-state index < -0.39 is 28.5 Å². The molecule has 0 saturated heterocycles. The minimum atomic E-state index is -3.82. The van der Waals surface area contributed by atoms with Gasteiger partial charge in [-0.2, -0.15) is 0 Å². The molecular formula is C29H35N3O5S. The molecule has 2 amide bonds. The molecule has 1 atom stereocenters. The topological polar surface area (TPSA) is 96.0 Å². The van der Waals surface area contributed by atoms with Crippen LogP contribution >= 0.6 is 0 Å². The maximum atomic E-state index is 13.7. The van der Waals surface area contributed by atoms with Crippen LogP contribution in [0.3, 0.4) is 0 Å². The Hall–Kier alpha value is -3.85. The molecule has 0 radical (unpaired) electrons. The molecule has 202 valence electrons. The number of nitrogens with one attached hydrogen (secondary N) is 1. The highest BCUT2D eigenvalue weighted by Gasteiger charge is 2.31. The number of nitrogens with zero attached hydrogens (tertiary/aromatic N) is 2. The summed E-state index contributed by atoms with van der Waals surface area (Å²) in [6.45, 7) is 5.75. The first-order chi connectivity index (χ1) is 18.1. The number of likely N-dealkylation sites (N-methyl/N-ethyl adjacent to an activating group) is 1. The first-order valence-corrected chi connectivity index (χ1v) is 14.4. The van der Waals surface area contributed by atoms with Crippen LogP contribution in [0.4, 0.5) is 5.69 Å². The van der Waals surface area contributed by atoms with Crippen LogP contribution in [-0.2, 0) is 26.2 Å². The molecule has 0 aliphatic rings. The fraction of sp³-hybridized carbons (Fsp3) is 0.310. The van der Waals surface area contributed by atoms with Gasteiger partial charge in [0.15, 0.2) is 0 Å². The molecule has 0 unspecified atom stereocenters. The molecule has 3 aromatic rings. The molecule has 38 heavy (non-hydrogen) atoms. The number of carbonyl (C=O) groups is 2. The second-order valence-electron chi connectivity index (χ2n) is 9.01. The van der Waals surface area contributed by atoms with Gasteiger partial charge in [-0.1, -0.05) is 55.0 Å². The van der Waals surface area contributed by atoms with Gasteiger partial charge in [0.05, 0.1) is 11.9 Å². The van der Waals surface area contributed by atoms with Crippen molar-refractivity contribution in [1.82, 2.24) is 10.2 Å². The van der Waals surface area contributed by atoms with Crippen LogP contribution in [-0.4, -0.2) is 50.5 Å². The molecule has 0 aliphatic heterocycles. The molecule has 0 saturated carbocycles. The lowest BCUT2D eigenvalue weighted by atomic mass is 10.1. The van der Waals surface area contributed by atoms with E-state index in [1.807, 2.05) is 75.4 Å². The van der Waals surface area contributed by atoms with Gasteiger partial charge in [-0.15, -0.1) is 0 Å². The maximum Gasteiger partial charge on any atom is 0.244 e. The second-order valence-corrected chi connectivity index (χ2v) is 10.9. The Kier molecular flexibility index (Phi) is 9.90. The van der Waals surface area contributed by atoms with Crippen molar-refractivity contribution in [2.75, 3.05) is 23.7 Å². The zero-order chi connectivity index (χ0) is 27.7. The summed E-state index contributed by atoms with van der Waals surface area (Å²) in [7, 11) is -3.82. The molecule has 0 bridgehead atoms. The van der Waals surface area contributed by atoms with E-state index in [9.17, 15) is 18.0 Å². The Balaban J connectivity index is 1.89. The fourth-order valence-electron chi connectivity index (χ4n) is 4.14. The zero-order valence-electron chi connectivity index (χ0n) is 22.3. The van der Waals surface area contributed by atoms with Crippen molar-refractivity contribution in [3.8, 4) is 11.5 Å². The number of benzene rings is 3. The third-order valence-electron chi connectivity index (χ3n) is 5.96. The predicted octanol–water partition coefficient (Wildman–Crippen LogP) is 4.50. The van der Waals surface area contributed by atoms with Gasteiger partial charge in [0.2, 0.25) is 21.8 Å². The summed E-state index contributed by atoms with van der Waals surface area (Å²) < 4.78 is 32.4. The summed E-state index contributed by atoms with van der Waals surface area (Å²) in [4.78, 5) is 28.0. The Morgan fingerprint density at radius 1 is 0.921 bits per heavy atom. The van der Waals surface area contributed by atoms with Crippen LogP contribution in [0.2, 0.25) is 0 Å². The van der Waals surface area contributed by atoms with E-state index in [2.05, 4.69) is 5.32 Å². The van der Waals surface area contributed by atoms with Crippen LogP contribution in [0.15, 0.2) is 78.9 Å². The fourth-order valence-corrected chi connectivity index (χ4v) is 4.99. The van der Waals surface area contributed by atoms with Crippen LogP contribution in [0, 0.1) is 6.92 Å². The lowest BCUT2D eigenvalue weighted by Gasteiger charge is -2.32. The SMILES string of the molecule is CCNC(=O)[C@@H](CC)N(Cc1cccc(C)c1)C(=O)CN(c1ccc(Oc2ccccc2)cc1)S(C)(=O)=O. The number of anilines is 1. The highest BCUT2D eigenvalue weighted by molar-refractivity contribution is 7.92. The molecule has 0 heterocycles. The van der Waals surface area contributed by atoms with Crippen molar-refractivity contribution >= 4 is 27.5 Å². The number of aryl methyl sites for hydroxylation is 1. The van der Waals surface area contributed by atoms with E-state index in [4.69, 9.17) is 4.74 Å². The number of amides is 2. The lowest BCUT2D eigenvalue weighted by molar-refractivity contribution is -0.140. The number of hydrogen-bond donors (Lipinski definition) is 1. The molecule has 0 aromatic heterocycles. The summed E-state index contributed by atoms with van der Waals surface area (Å²) in [5, 5.41) is 2.79. The maximum absolute atomic E-state index is 13.7. The van der Waals surface area contributed by atoms with Crippen molar-refractivity contribution in [3.05, 3.63) is 90.0 Å². The van der Waals surface area contributed by atoms with Crippen molar-refractivity contribution in [3.63, 3.8) is 0 Å². The monoisotopic (exact) mass is 537 g/mol. The van der Waals surface area contributed by atoms with Crippen molar-refractivity contribution in [1.29, 1.82) is 0 Å². The van der Waals surface area contributed by atoms with E-state index in [0.29, 0.717) is 30.2 Å². The smallest absolute Gasteiger partial charge is 0.244 e. The number of sulfonamides is 1. The second kappa shape index (κ2) is 13.1. The minimum Gasteiger partial charge on any atom is -0.457 e. The van der Waals surface area contributed by atoms with Crippen molar-refractivity contribution in [2.24, 2.45) is 0 Å². The van der Waals surface area contributed by atoms with Crippen LogP contribution in [0.5, 0.6) is 11.5 Å². The van der Waals surface area contributed by atoms with Crippen LogP contribution in [0.1, 0.15) is 31.4 Å². The molecule has 0 fully saturated rings. The Bertz CT molecular complexity index is 1330. The highest BCUT2D eigenvalue weighted by Crippen LogP contribution is 2.26. The predicted molar refractivity (Wildman–Crippen MR) is 150 cm³/mol. The van der Waals surface area contributed by atoms with Gasteiger partial charge in [-0.3, -0.25) is 13.9 Å². The third kappa shape index (κ3) is 7.82. The van der Waals surface area contributed by atoms with E-state index >= 15 is 0 Å². The van der Waals surface area contributed by atoms with Gasteiger partial charge in [0.1, 0.15) is 24.1 Å². The average Bonchev–Trinajstić information content (AvgIpc) is 2.88. The van der Waals surface area contributed by atoms with Gasteiger partial charge >= 0.3 is 0 Å². The molecule has 0 spiro atoms. The van der Waals surface area contributed by atoms with Gasteiger partial charge in [-0.05, 0) is 62.2 Å². The van der Waals surface area contributed by atoms with Crippen LogP contribution in [0.25, 0.3) is 0 Å². The van der Waals surface area contributed by atoms with E-state index in [0.717, 1.165) is 21.7 Å².